The molecule has 4 rings (SSSR count). The number of benzene rings is 2. The smallest absolute Gasteiger partial charge is 0.336 e. The summed E-state index contributed by atoms with van der Waals surface area (Å²) >= 11 is 0. The summed E-state index contributed by atoms with van der Waals surface area (Å²) in [6.07, 6.45) is 0. The van der Waals surface area contributed by atoms with Gasteiger partial charge >= 0.3 is 5.69 Å². The number of aromatic nitrogens is 2. The van der Waals surface area contributed by atoms with Gasteiger partial charge in [0.2, 0.25) is 11.8 Å². The van der Waals surface area contributed by atoms with Crippen LogP contribution in [0.4, 0.5) is 0 Å². The summed E-state index contributed by atoms with van der Waals surface area (Å²) in [6, 6.07) is 13.3. The number of carbonyl (C=O) groups excluding carboxylic acids is 2. The van der Waals surface area contributed by atoms with Crippen LogP contribution in [0.15, 0.2) is 58.1 Å². The normalized spacial score (nSPS) is 13.9. The largest absolute Gasteiger partial charge is 0.497 e. The lowest BCUT2D eigenvalue weighted by molar-refractivity contribution is -0.138. The molecule has 1 saturated heterocycles. The van der Waals surface area contributed by atoms with Crippen molar-refractivity contribution in [2.24, 2.45) is 0 Å². The highest BCUT2D eigenvalue weighted by atomic mass is 16.5. The first-order valence-electron chi connectivity index (χ1n) is 10.3. The fraction of sp³-hybridized carbons (Fsp3) is 0.304. The highest BCUT2D eigenvalue weighted by molar-refractivity contribution is 5.82. The van der Waals surface area contributed by atoms with Gasteiger partial charge in [0.25, 0.3) is 5.56 Å². The molecule has 0 spiro atoms. The molecule has 1 aliphatic heterocycles. The molecule has 2 amide bonds. The zero-order valence-electron chi connectivity index (χ0n) is 18.0. The fourth-order valence-electron chi connectivity index (χ4n) is 3.94. The van der Waals surface area contributed by atoms with E-state index in [2.05, 4.69) is 0 Å². The van der Waals surface area contributed by atoms with Crippen molar-refractivity contribution in [3.05, 3.63) is 69.4 Å². The van der Waals surface area contributed by atoms with E-state index in [1.54, 1.807) is 58.3 Å². The lowest BCUT2D eigenvalue weighted by Gasteiger charge is -2.34. The third kappa shape index (κ3) is 3.89. The Morgan fingerprint density at radius 2 is 1.53 bits per heavy atom. The molecule has 2 aromatic carbocycles. The van der Waals surface area contributed by atoms with E-state index in [-0.39, 0.29) is 18.4 Å². The van der Waals surface area contributed by atoms with Crippen LogP contribution in [0, 0.1) is 0 Å². The first kappa shape index (κ1) is 21.4. The molecule has 0 radical (unpaired) electrons. The van der Waals surface area contributed by atoms with Crippen molar-refractivity contribution < 1.29 is 14.3 Å². The first-order valence-corrected chi connectivity index (χ1v) is 10.3. The summed E-state index contributed by atoms with van der Waals surface area (Å²) in [7, 11) is 1.53. The van der Waals surface area contributed by atoms with Gasteiger partial charge < -0.3 is 14.5 Å². The van der Waals surface area contributed by atoms with Gasteiger partial charge in [-0.05, 0) is 36.4 Å². The number of ether oxygens (including phenoxy) is 1. The molecule has 1 fully saturated rings. The van der Waals surface area contributed by atoms with Crippen LogP contribution in [0.1, 0.15) is 6.92 Å². The Hall–Kier alpha value is -3.88. The molecular formula is C23H24N4O5. The fourth-order valence-corrected chi connectivity index (χ4v) is 3.94. The Morgan fingerprint density at radius 1 is 0.906 bits per heavy atom. The molecule has 3 aromatic rings. The number of hydrogen-bond donors (Lipinski definition) is 0. The molecule has 1 aromatic heterocycles. The molecule has 9 heteroatoms. The lowest BCUT2D eigenvalue weighted by atomic mass is 10.2. The summed E-state index contributed by atoms with van der Waals surface area (Å²) in [6.45, 7) is 3.04. The summed E-state index contributed by atoms with van der Waals surface area (Å²) in [5.41, 5.74) is -0.241. The Kier molecular flexibility index (Phi) is 5.81. The standard InChI is InChI=1S/C23H24N4O5/c1-16(28)24-11-13-25(14-12-24)21(29)15-26-20-6-4-3-5-19(20)22(30)27(23(26)31)17-7-9-18(32-2)10-8-17/h3-10H,11-15H2,1-2H3. The van der Waals surface area contributed by atoms with Gasteiger partial charge in [0.05, 0.1) is 23.7 Å². The van der Waals surface area contributed by atoms with Crippen LogP contribution in [0.5, 0.6) is 5.75 Å². The number of hydrogen-bond acceptors (Lipinski definition) is 5. The maximum absolute atomic E-state index is 13.4. The van der Waals surface area contributed by atoms with Gasteiger partial charge in [0.1, 0.15) is 12.3 Å². The minimum Gasteiger partial charge on any atom is -0.497 e. The summed E-state index contributed by atoms with van der Waals surface area (Å²) in [4.78, 5) is 54.4. The van der Waals surface area contributed by atoms with E-state index in [1.807, 2.05) is 0 Å². The van der Waals surface area contributed by atoms with Crippen LogP contribution in [0.3, 0.4) is 0 Å². The number of amides is 2. The zero-order chi connectivity index (χ0) is 22.8. The molecule has 32 heavy (non-hydrogen) atoms. The maximum atomic E-state index is 13.4. The number of nitrogens with zero attached hydrogens (tertiary/aromatic N) is 4. The number of methoxy groups -OCH3 is 1. The van der Waals surface area contributed by atoms with Crippen molar-refractivity contribution >= 4 is 22.7 Å². The van der Waals surface area contributed by atoms with Gasteiger partial charge in [-0.1, -0.05) is 12.1 Å². The average molecular weight is 436 g/mol. The van der Waals surface area contributed by atoms with Crippen LogP contribution in [0.2, 0.25) is 0 Å². The van der Waals surface area contributed by atoms with E-state index in [0.29, 0.717) is 48.5 Å². The van der Waals surface area contributed by atoms with E-state index in [4.69, 9.17) is 4.74 Å². The second-order valence-electron chi connectivity index (χ2n) is 7.61. The molecule has 1 aliphatic rings. The van der Waals surface area contributed by atoms with Gasteiger partial charge in [0.15, 0.2) is 0 Å². The molecule has 0 saturated carbocycles. The molecule has 9 nitrogen and oxygen atoms in total. The van der Waals surface area contributed by atoms with Crippen molar-refractivity contribution in [1.29, 1.82) is 0 Å². The Balaban J connectivity index is 1.74. The Morgan fingerprint density at radius 3 is 2.16 bits per heavy atom. The summed E-state index contributed by atoms with van der Waals surface area (Å²) in [5, 5.41) is 0.345. The lowest BCUT2D eigenvalue weighted by Crippen LogP contribution is -2.51. The van der Waals surface area contributed by atoms with Gasteiger partial charge in [-0.25, -0.2) is 9.36 Å². The molecular weight excluding hydrogens is 412 g/mol. The molecule has 0 aliphatic carbocycles. The third-order valence-electron chi connectivity index (χ3n) is 5.75. The topological polar surface area (TPSA) is 93.8 Å². The van der Waals surface area contributed by atoms with E-state index in [0.717, 1.165) is 4.57 Å². The van der Waals surface area contributed by atoms with Crippen LogP contribution in [-0.2, 0) is 16.1 Å². The number of carbonyl (C=O) groups is 2. The van der Waals surface area contributed by atoms with Gasteiger partial charge in [-0.15, -0.1) is 0 Å². The molecule has 166 valence electrons. The predicted molar refractivity (Wildman–Crippen MR) is 119 cm³/mol. The van der Waals surface area contributed by atoms with Gasteiger partial charge in [-0.3, -0.25) is 19.0 Å². The Labute approximate surface area is 184 Å². The molecule has 0 atom stereocenters. The molecule has 0 N–H and O–H groups in total. The highest BCUT2D eigenvalue weighted by Gasteiger charge is 2.24. The van der Waals surface area contributed by atoms with Crippen molar-refractivity contribution in [3.63, 3.8) is 0 Å². The number of fused-ring (bicyclic) bond motifs is 1. The maximum Gasteiger partial charge on any atom is 0.336 e. The van der Waals surface area contributed by atoms with E-state index in [9.17, 15) is 19.2 Å². The molecule has 0 bridgehead atoms. The average Bonchev–Trinajstić information content (AvgIpc) is 2.82. The third-order valence-corrected chi connectivity index (χ3v) is 5.75. The quantitative estimate of drug-likeness (QED) is 0.605. The van der Waals surface area contributed by atoms with Gasteiger partial charge in [-0.2, -0.15) is 0 Å². The minimum atomic E-state index is -0.588. The summed E-state index contributed by atoms with van der Waals surface area (Å²) < 4.78 is 7.56. The van der Waals surface area contributed by atoms with Crippen molar-refractivity contribution in [1.82, 2.24) is 18.9 Å². The van der Waals surface area contributed by atoms with Crippen LogP contribution < -0.4 is 16.0 Å². The SMILES string of the molecule is COc1ccc(-n2c(=O)c3ccccc3n(CC(=O)N3CCN(C(C)=O)CC3)c2=O)cc1. The first-order chi connectivity index (χ1) is 15.4. The number of piperazine rings is 1. The van der Waals surface area contributed by atoms with E-state index >= 15 is 0 Å². The summed E-state index contributed by atoms with van der Waals surface area (Å²) in [5.74, 6) is 0.342. The number of para-hydroxylation sites is 1. The second kappa shape index (κ2) is 8.70. The predicted octanol–water partition coefficient (Wildman–Crippen LogP) is 0.852. The van der Waals surface area contributed by atoms with Crippen molar-refractivity contribution in [3.8, 4) is 11.4 Å². The highest BCUT2D eigenvalue weighted by Crippen LogP contribution is 2.15. The van der Waals surface area contributed by atoms with Crippen LogP contribution in [-0.4, -0.2) is 64.0 Å². The second-order valence-corrected chi connectivity index (χ2v) is 7.61. The van der Waals surface area contributed by atoms with Crippen LogP contribution >= 0.6 is 0 Å². The van der Waals surface area contributed by atoms with E-state index in [1.165, 1.54) is 18.6 Å². The van der Waals surface area contributed by atoms with E-state index < -0.39 is 11.2 Å². The van der Waals surface area contributed by atoms with Crippen molar-refractivity contribution in [2.45, 2.75) is 13.5 Å². The molecule has 0 unspecified atom stereocenters. The van der Waals surface area contributed by atoms with Crippen LogP contribution in [0.25, 0.3) is 16.6 Å². The Bertz CT molecular complexity index is 1280. The van der Waals surface area contributed by atoms with Crippen molar-refractivity contribution in [2.75, 3.05) is 33.3 Å². The minimum absolute atomic E-state index is 0.0223. The monoisotopic (exact) mass is 436 g/mol. The molecule has 2 heterocycles. The number of rotatable bonds is 4. The van der Waals surface area contributed by atoms with Gasteiger partial charge in [0, 0.05) is 33.1 Å². The zero-order valence-corrected chi connectivity index (χ0v) is 18.0.